The highest BCUT2D eigenvalue weighted by Crippen LogP contribution is 2.30. The number of ether oxygens (including phenoxy) is 3. The van der Waals surface area contributed by atoms with Gasteiger partial charge in [-0.25, -0.2) is 4.98 Å². The lowest BCUT2D eigenvalue weighted by molar-refractivity contribution is 0.0941. The fraction of sp³-hybridized carbons (Fsp3) is 0.273. The molecule has 1 aliphatic rings. The first-order chi connectivity index (χ1) is 14.1. The topological polar surface area (TPSA) is 74.6 Å². The van der Waals surface area contributed by atoms with Crippen LogP contribution in [-0.4, -0.2) is 36.3 Å². The van der Waals surface area contributed by atoms with Crippen molar-refractivity contribution in [2.45, 2.75) is 12.5 Å². The van der Waals surface area contributed by atoms with E-state index in [-0.39, 0.29) is 5.91 Å². The number of nitrogens with one attached hydrogen (secondary N) is 1. The third-order valence-corrected chi connectivity index (χ3v) is 5.05. The van der Waals surface area contributed by atoms with Crippen molar-refractivity contribution in [2.24, 2.45) is 7.05 Å². The van der Waals surface area contributed by atoms with Crippen molar-refractivity contribution < 1.29 is 19.0 Å². The predicted molar refractivity (Wildman–Crippen MR) is 108 cm³/mol. The molecule has 1 atom stereocenters. The predicted octanol–water partition coefficient (Wildman–Crippen LogP) is 2.89. The highest BCUT2D eigenvalue weighted by atomic mass is 16.5. The second kappa shape index (κ2) is 7.87. The first-order valence-electron chi connectivity index (χ1n) is 9.36. The molecule has 0 fully saturated rings. The molecule has 4 rings (SSSR count). The van der Waals surface area contributed by atoms with Gasteiger partial charge in [-0.1, -0.05) is 0 Å². The maximum absolute atomic E-state index is 13.1. The van der Waals surface area contributed by atoms with Crippen molar-refractivity contribution in [3.8, 4) is 17.2 Å². The summed E-state index contributed by atoms with van der Waals surface area (Å²) in [7, 11) is 5.09. The van der Waals surface area contributed by atoms with E-state index >= 15 is 0 Å². The number of fused-ring (bicyclic) bond motifs is 1. The monoisotopic (exact) mass is 393 g/mol. The zero-order valence-electron chi connectivity index (χ0n) is 16.6. The first kappa shape index (κ1) is 18.9. The van der Waals surface area contributed by atoms with Crippen LogP contribution < -0.4 is 19.5 Å². The Morgan fingerprint density at radius 1 is 1.17 bits per heavy atom. The first-order valence-corrected chi connectivity index (χ1v) is 9.36. The van der Waals surface area contributed by atoms with E-state index in [1.54, 1.807) is 32.5 Å². The number of hydrogen-bond donors (Lipinski definition) is 1. The average molecular weight is 393 g/mol. The molecule has 0 spiro atoms. The Kier molecular flexibility index (Phi) is 5.12. The van der Waals surface area contributed by atoms with Crippen LogP contribution in [0.15, 0.2) is 48.8 Å². The molecule has 1 aromatic heterocycles. The summed E-state index contributed by atoms with van der Waals surface area (Å²) in [6.45, 7) is 0.653. The van der Waals surface area contributed by atoms with Crippen LogP contribution in [-0.2, 0) is 13.5 Å². The van der Waals surface area contributed by atoms with E-state index in [0.717, 1.165) is 23.3 Å². The van der Waals surface area contributed by atoms with Crippen LogP contribution in [0.3, 0.4) is 0 Å². The lowest BCUT2D eigenvalue weighted by Gasteiger charge is -2.21. The molecule has 1 unspecified atom stereocenters. The van der Waals surface area contributed by atoms with E-state index in [1.807, 2.05) is 42.1 Å². The van der Waals surface area contributed by atoms with Crippen LogP contribution in [0.1, 0.15) is 33.4 Å². The number of carbonyl (C=O) groups is 1. The lowest BCUT2D eigenvalue weighted by atomic mass is 10.0. The Morgan fingerprint density at radius 3 is 2.59 bits per heavy atom. The number of aryl methyl sites for hydroxylation is 1. The van der Waals surface area contributed by atoms with Gasteiger partial charge in [-0.3, -0.25) is 4.79 Å². The molecular weight excluding hydrogens is 370 g/mol. The van der Waals surface area contributed by atoms with Gasteiger partial charge >= 0.3 is 0 Å². The van der Waals surface area contributed by atoms with Crippen LogP contribution in [0.4, 0.5) is 0 Å². The van der Waals surface area contributed by atoms with Gasteiger partial charge < -0.3 is 24.1 Å². The Hall–Kier alpha value is -3.48. The molecule has 7 nitrogen and oxygen atoms in total. The van der Waals surface area contributed by atoms with E-state index < -0.39 is 6.04 Å². The second-order valence-corrected chi connectivity index (χ2v) is 6.87. The molecule has 0 bridgehead atoms. The molecule has 1 aliphatic heterocycles. The van der Waals surface area contributed by atoms with Gasteiger partial charge in [0.1, 0.15) is 29.1 Å². The maximum atomic E-state index is 13.1. The highest BCUT2D eigenvalue weighted by molar-refractivity contribution is 5.95. The normalized spacial score (nSPS) is 13.3. The van der Waals surface area contributed by atoms with Gasteiger partial charge in [0.2, 0.25) is 0 Å². The van der Waals surface area contributed by atoms with E-state index in [4.69, 9.17) is 14.2 Å². The summed E-state index contributed by atoms with van der Waals surface area (Å²) in [4.78, 5) is 17.5. The number of benzene rings is 2. The zero-order valence-corrected chi connectivity index (χ0v) is 16.6. The number of amides is 1. The number of rotatable bonds is 6. The molecule has 0 saturated heterocycles. The third-order valence-electron chi connectivity index (χ3n) is 5.05. The fourth-order valence-corrected chi connectivity index (χ4v) is 3.49. The Morgan fingerprint density at radius 2 is 1.93 bits per heavy atom. The van der Waals surface area contributed by atoms with Crippen LogP contribution in [0.5, 0.6) is 17.2 Å². The Balaban J connectivity index is 1.70. The largest absolute Gasteiger partial charge is 0.497 e. The van der Waals surface area contributed by atoms with E-state index in [0.29, 0.717) is 29.5 Å². The highest BCUT2D eigenvalue weighted by Gasteiger charge is 2.24. The van der Waals surface area contributed by atoms with Crippen LogP contribution in [0.25, 0.3) is 0 Å². The summed E-state index contributed by atoms with van der Waals surface area (Å²) < 4.78 is 18.2. The van der Waals surface area contributed by atoms with Crippen molar-refractivity contribution in [3.63, 3.8) is 0 Å². The number of hydrogen-bond acceptors (Lipinski definition) is 5. The molecule has 7 heteroatoms. The number of aromatic nitrogens is 2. The van der Waals surface area contributed by atoms with Gasteiger partial charge in [-0.15, -0.1) is 0 Å². The minimum atomic E-state index is -0.476. The van der Waals surface area contributed by atoms with Gasteiger partial charge in [0.15, 0.2) is 0 Å². The molecule has 1 N–H and O–H groups in total. The SMILES string of the molecule is COc1cc(OC)cc(C(NC(=O)c2ccc3c(c2)CCO3)c2nccn2C)c1. The van der Waals surface area contributed by atoms with Crippen molar-refractivity contribution in [3.05, 3.63) is 71.3 Å². The molecule has 2 aromatic carbocycles. The number of imidazole rings is 1. The minimum absolute atomic E-state index is 0.186. The lowest BCUT2D eigenvalue weighted by Crippen LogP contribution is -2.31. The van der Waals surface area contributed by atoms with Crippen molar-refractivity contribution in [1.29, 1.82) is 0 Å². The third kappa shape index (κ3) is 3.76. The van der Waals surface area contributed by atoms with Crippen molar-refractivity contribution >= 4 is 5.91 Å². The summed E-state index contributed by atoms with van der Waals surface area (Å²) in [5, 5.41) is 3.11. The van der Waals surface area contributed by atoms with Crippen LogP contribution in [0.2, 0.25) is 0 Å². The van der Waals surface area contributed by atoms with E-state index in [1.165, 1.54) is 0 Å². The Labute approximate surface area is 169 Å². The molecule has 0 aliphatic carbocycles. The Bertz CT molecular complexity index is 1020. The standard InChI is InChI=1S/C22H23N3O4/c1-25-8-7-23-21(25)20(16-11-17(27-2)13-18(12-16)28-3)24-22(26)15-4-5-19-14(10-15)6-9-29-19/h4-5,7-8,10-13,20H,6,9H2,1-3H3,(H,24,26). The van der Waals surface area contributed by atoms with E-state index in [2.05, 4.69) is 10.3 Å². The molecular formula is C22H23N3O4. The van der Waals surface area contributed by atoms with Crippen molar-refractivity contribution in [2.75, 3.05) is 20.8 Å². The smallest absolute Gasteiger partial charge is 0.252 e. The molecule has 0 radical (unpaired) electrons. The number of methoxy groups -OCH3 is 2. The summed E-state index contributed by atoms with van der Waals surface area (Å²) in [5.41, 5.74) is 2.45. The molecule has 2 heterocycles. The summed E-state index contributed by atoms with van der Waals surface area (Å²) in [6, 6.07) is 10.6. The van der Waals surface area contributed by atoms with Crippen LogP contribution >= 0.6 is 0 Å². The van der Waals surface area contributed by atoms with Gasteiger partial charge in [-0.2, -0.15) is 0 Å². The molecule has 0 saturated carbocycles. The van der Waals surface area contributed by atoms with Gasteiger partial charge in [-0.05, 0) is 41.5 Å². The number of carbonyl (C=O) groups excluding carboxylic acids is 1. The number of nitrogens with zero attached hydrogens (tertiary/aromatic N) is 2. The van der Waals surface area contributed by atoms with Gasteiger partial charge in [0.25, 0.3) is 5.91 Å². The average Bonchev–Trinajstić information content (AvgIpc) is 3.39. The molecule has 150 valence electrons. The van der Waals surface area contributed by atoms with Gasteiger partial charge in [0.05, 0.1) is 20.8 Å². The van der Waals surface area contributed by atoms with Crippen molar-refractivity contribution in [1.82, 2.24) is 14.9 Å². The summed E-state index contributed by atoms with van der Waals surface area (Å²) in [6.07, 6.45) is 4.36. The molecule has 29 heavy (non-hydrogen) atoms. The summed E-state index contributed by atoms with van der Waals surface area (Å²) in [5.74, 6) is 2.65. The second-order valence-electron chi connectivity index (χ2n) is 6.87. The molecule has 3 aromatic rings. The maximum Gasteiger partial charge on any atom is 0.252 e. The fourth-order valence-electron chi connectivity index (χ4n) is 3.49. The summed E-state index contributed by atoms with van der Waals surface area (Å²) >= 11 is 0. The van der Waals surface area contributed by atoms with Crippen LogP contribution in [0, 0.1) is 0 Å². The van der Waals surface area contributed by atoms with E-state index in [9.17, 15) is 4.79 Å². The van der Waals surface area contributed by atoms with Gasteiger partial charge in [0, 0.05) is 37.5 Å². The zero-order chi connectivity index (χ0) is 20.4. The quantitative estimate of drug-likeness (QED) is 0.697. The molecule has 1 amide bonds. The minimum Gasteiger partial charge on any atom is -0.497 e.